The monoisotopic (exact) mass is 300 g/mol. The van der Waals surface area contributed by atoms with Gasteiger partial charge in [-0.15, -0.1) is 0 Å². The minimum atomic E-state index is -0.310. The average molecular weight is 300 g/mol. The third kappa shape index (κ3) is 2.60. The number of ether oxygens (including phenoxy) is 1. The second-order valence-electron chi connectivity index (χ2n) is 6.72. The summed E-state index contributed by atoms with van der Waals surface area (Å²) in [7, 11) is 0. The molecule has 1 saturated carbocycles. The highest BCUT2D eigenvalue weighted by molar-refractivity contribution is 5.82. The smallest absolute Gasteiger partial charge is 0.264 e. The van der Waals surface area contributed by atoms with Crippen LogP contribution in [0.1, 0.15) is 31.2 Å². The molecule has 22 heavy (non-hydrogen) atoms. The first kappa shape index (κ1) is 14.1. The number of carbonyl (C=O) groups is 1. The van der Waals surface area contributed by atoms with Gasteiger partial charge in [-0.05, 0) is 24.5 Å². The van der Waals surface area contributed by atoms with Gasteiger partial charge in [0.05, 0.1) is 0 Å². The van der Waals surface area contributed by atoms with Crippen molar-refractivity contribution in [3.8, 4) is 5.75 Å². The Morgan fingerprint density at radius 3 is 2.50 bits per heavy atom. The SMILES string of the molecule is O=C(C1Cc2ccccc2O1)N1CCN(C2CCCC2)CC1. The van der Waals surface area contributed by atoms with Gasteiger partial charge in [-0.2, -0.15) is 0 Å². The molecule has 0 bridgehead atoms. The Balaban J connectivity index is 1.33. The van der Waals surface area contributed by atoms with Crippen LogP contribution in [0.3, 0.4) is 0 Å². The Labute approximate surface area is 132 Å². The zero-order valence-corrected chi connectivity index (χ0v) is 13.0. The van der Waals surface area contributed by atoms with E-state index < -0.39 is 0 Å². The highest BCUT2D eigenvalue weighted by Gasteiger charge is 2.34. The van der Waals surface area contributed by atoms with Gasteiger partial charge in [-0.25, -0.2) is 0 Å². The van der Waals surface area contributed by atoms with E-state index in [2.05, 4.69) is 11.0 Å². The standard InChI is InChI=1S/C18H24N2O2/c21-18(17-13-14-5-1-4-8-16(14)22-17)20-11-9-19(10-12-20)15-6-2-3-7-15/h1,4-5,8,15,17H,2-3,6-7,9-13H2. The number of fused-ring (bicyclic) bond motifs is 1. The van der Waals surface area contributed by atoms with Gasteiger partial charge in [0.15, 0.2) is 6.10 Å². The van der Waals surface area contributed by atoms with Crippen LogP contribution in [0.15, 0.2) is 24.3 Å². The molecule has 1 unspecified atom stereocenters. The van der Waals surface area contributed by atoms with Crippen LogP contribution in [-0.2, 0) is 11.2 Å². The molecule has 0 spiro atoms. The lowest BCUT2D eigenvalue weighted by Crippen LogP contribution is -2.54. The molecule has 4 rings (SSSR count). The van der Waals surface area contributed by atoms with E-state index in [1.54, 1.807) is 0 Å². The lowest BCUT2D eigenvalue weighted by atomic mass is 10.1. The van der Waals surface area contributed by atoms with Crippen molar-refractivity contribution in [1.29, 1.82) is 0 Å². The summed E-state index contributed by atoms with van der Waals surface area (Å²) in [6, 6.07) is 8.76. The summed E-state index contributed by atoms with van der Waals surface area (Å²) in [5.74, 6) is 1.05. The van der Waals surface area contributed by atoms with E-state index in [1.807, 2.05) is 23.1 Å². The van der Waals surface area contributed by atoms with Crippen molar-refractivity contribution in [2.45, 2.75) is 44.2 Å². The predicted molar refractivity (Wildman–Crippen MR) is 85.0 cm³/mol. The van der Waals surface area contributed by atoms with Crippen molar-refractivity contribution >= 4 is 5.91 Å². The molecular formula is C18H24N2O2. The second-order valence-corrected chi connectivity index (χ2v) is 6.72. The fourth-order valence-corrected chi connectivity index (χ4v) is 4.10. The number of rotatable bonds is 2. The number of hydrogen-bond acceptors (Lipinski definition) is 3. The van der Waals surface area contributed by atoms with E-state index >= 15 is 0 Å². The topological polar surface area (TPSA) is 32.8 Å². The molecule has 2 aliphatic heterocycles. The van der Waals surface area contributed by atoms with Gasteiger partial charge in [0.1, 0.15) is 5.75 Å². The molecule has 2 heterocycles. The minimum absolute atomic E-state index is 0.169. The van der Waals surface area contributed by atoms with Crippen molar-refractivity contribution in [2.24, 2.45) is 0 Å². The molecule has 1 atom stereocenters. The summed E-state index contributed by atoms with van der Waals surface area (Å²) in [6.45, 7) is 3.75. The molecule has 0 N–H and O–H groups in total. The van der Waals surface area contributed by atoms with Crippen molar-refractivity contribution in [2.75, 3.05) is 26.2 Å². The van der Waals surface area contributed by atoms with Crippen LogP contribution in [0.5, 0.6) is 5.75 Å². The Kier molecular flexibility index (Phi) is 3.78. The Bertz CT molecular complexity index is 521. The number of carbonyl (C=O) groups excluding carboxylic acids is 1. The molecule has 1 aromatic rings. The van der Waals surface area contributed by atoms with Crippen LogP contribution < -0.4 is 4.74 Å². The van der Waals surface area contributed by atoms with E-state index in [0.29, 0.717) is 0 Å². The van der Waals surface area contributed by atoms with Gasteiger partial charge in [0.25, 0.3) is 5.91 Å². The first-order valence-corrected chi connectivity index (χ1v) is 8.58. The highest BCUT2D eigenvalue weighted by Crippen LogP contribution is 2.29. The Morgan fingerprint density at radius 1 is 1.05 bits per heavy atom. The molecule has 4 heteroatoms. The van der Waals surface area contributed by atoms with Gasteiger partial charge in [-0.3, -0.25) is 9.69 Å². The van der Waals surface area contributed by atoms with Crippen LogP contribution >= 0.6 is 0 Å². The highest BCUT2D eigenvalue weighted by atomic mass is 16.5. The van der Waals surface area contributed by atoms with Crippen LogP contribution in [0.25, 0.3) is 0 Å². The largest absolute Gasteiger partial charge is 0.480 e. The van der Waals surface area contributed by atoms with Gasteiger partial charge < -0.3 is 9.64 Å². The van der Waals surface area contributed by atoms with E-state index in [4.69, 9.17) is 4.74 Å². The molecule has 118 valence electrons. The van der Waals surface area contributed by atoms with Gasteiger partial charge in [-0.1, -0.05) is 31.0 Å². The fourth-order valence-electron chi connectivity index (χ4n) is 4.10. The maximum atomic E-state index is 12.7. The fraction of sp³-hybridized carbons (Fsp3) is 0.611. The number of piperazine rings is 1. The molecule has 1 aromatic carbocycles. The zero-order chi connectivity index (χ0) is 14.9. The van der Waals surface area contributed by atoms with Gasteiger partial charge in [0, 0.05) is 38.6 Å². The normalized spacial score (nSPS) is 26.0. The molecular weight excluding hydrogens is 276 g/mol. The number of hydrogen-bond donors (Lipinski definition) is 0. The van der Waals surface area contributed by atoms with E-state index in [1.165, 1.54) is 25.7 Å². The average Bonchev–Trinajstić information content (AvgIpc) is 3.23. The maximum absolute atomic E-state index is 12.7. The number of para-hydroxylation sites is 1. The summed E-state index contributed by atoms with van der Waals surface area (Å²) in [5, 5.41) is 0. The number of benzene rings is 1. The first-order chi connectivity index (χ1) is 10.8. The van der Waals surface area contributed by atoms with Gasteiger partial charge >= 0.3 is 0 Å². The number of nitrogens with zero attached hydrogens (tertiary/aromatic N) is 2. The molecule has 3 aliphatic rings. The van der Waals surface area contributed by atoms with Crippen molar-refractivity contribution in [3.05, 3.63) is 29.8 Å². The quantitative estimate of drug-likeness (QED) is 0.838. The molecule has 0 aromatic heterocycles. The maximum Gasteiger partial charge on any atom is 0.264 e. The predicted octanol–water partition coefficient (Wildman–Crippen LogP) is 2.08. The van der Waals surface area contributed by atoms with E-state index in [9.17, 15) is 4.79 Å². The van der Waals surface area contributed by atoms with Crippen molar-refractivity contribution in [1.82, 2.24) is 9.80 Å². The third-order valence-electron chi connectivity index (χ3n) is 5.39. The Morgan fingerprint density at radius 2 is 1.77 bits per heavy atom. The second kappa shape index (κ2) is 5.92. The molecule has 4 nitrogen and oxygen atoms in total. The lowest BCUT2D eigenvalue weighted by molar-refractivity contribution is -0.140. The molecule has 1 amide bonds. The molecule has 2 fully saturated rings. The molecule has 0 radical (unpaired) electrons. The van der Waals surface area contributed by atoms with Gasteiger partial charge in [0.2, 0.25) is 0 Å². The minimum Gasteiger partial charge on any atom is -0.480 e. The van der Waals surface area contributed by atoms with E-state index in [0.717, 1.165) is 50.0 Å². The summed E-state index contributed by atoms with van der Waals surface area (Å²) >= 11 is 0. The summed E-state index contributed by atoms with van der Waals surface area (Å²) < 4.78 is 5.84. The summed E-state index contributed by atoms with van der Waals surface area (Å²) in [6.07, 6.45) is 5.84. The number of amides is 1. The van der Waals surface area contributed by atoms with Crippen LogP contribution in [0.2, 0.25) is 0 Å². The molecule has 1 saturated heterocycles. The van der Waals surface area contributed by atoms with Crippen molar-refractivity contribution < 1.29 is 9.53 Å². The summed E-state index contributed by atoms with van der Waals surface area (Å²) in [4.78, 5) is 17.3. The summed E-state index contributed by atoms with van der Waals surface area (Å²) in [5.41, 5.74) is 1.16. The van der Waals surface area contributed by atoms with E-state index in [-0.39, 0.29) is 12.0 Å². The first-order valence-electron chi connectivity index (χ1n) is 8.58. The zero-order valence-electron chi connectivity index (χ0n) is 13.0. The van der Waals surface area contributed by atoms with Crippen LogP contribution in [0.4, 0.5) is 0 Å². The molecule has 1 aliphatic carbocycles. The Hall–Kier alpha value is -1.55. The lowest BCUT2D eigenvalue weighted by Gasteiger charge is -2.38. The van der Waals surface area contributed by atoms with Crippen molar-refractivity contribution in [3.63, 3.8) is 0 Å². The van der Waals surface area contributed by atoms with Crippen LogP contribution in [-0.4, -0.2) is 54.0 Å². The third-order valence-corrected chi connectivity index (χ3v) is 5.39. The van der Waals surface area contributed by atoms with Crippen LogP contribution in [0, 0.1) is 0 Å².